The van der Waals surface area contributed by atoms with E-state index in [0.29, 0.717) is 26.2 Å². The molecule has 1 saturated heterocycles. The number of ether oxygens (including phenoxy) is 4. The van der Waals surface area contributed by atoms with Gasteiger partial charge in [-0.15, -0.1) is 0 Å². The minimum absolute atomic E-state index is 0.0580. The van der Waals surface area contributed by atoms with Crippen LogP contribution >= 0.6 is 0 Å². The third-order valence-corrected chi connectivity index (χ3v) is 6.38. The van der Waals surface area contributed by atoms with E-state index < -0.39 is 18.4 Å². The van der Waals surface area contributed by atoms with Crippen molar-refractivity contribution in [2.75, 3.05) is 26.4 Å². The maximum atomic E-state index is 13.1. The fraction of sp³-hybridized carbons (Fsp3) is 0.286. The van der Waals surface area contributed by atoms with E-state index >= 15 is 0 Å². The second kappa shape index (κ2) is 10.8. The van der Waals surface area contributed by atoms with Gasteiger partial charge in [0, 0.05) is 5.92 Å². The zero-order valence-corrected chi connectivity index (χ0v) is 19.2. The molecule has 0 bridgehead atoms. The van der Waals surface area contributed by atoms with Gasteiger partial charge in [0.15, 0.2) is 6.29 Å². The summed E-state index contributed by atoms with van der Waals surface area (Å²) in [6, 6.07) is 25.1. The molecular formula is C28H27NO6. The monoisotopic (exact) mass is 473 g/mol. The standard InChI is InChI=1S/C28H27NO6/c30-19-29(26(27-33-14-15-34-27)18-32-16-20-8-2-1-3-9-20)28(31)35-17-25-23-12-6-4-10-21(23)22-11-5-7-13-24(22)25/h1-13,19,25-27H,14-18H2/t26-/m0/s1. The number of fused-ring (bicyclic) bond motifs is 3. The summed E-state index contributed by atoms with van der Waals surface area (Å²) in [4.78, 5) is 26.1. The molecule has 0 aromatic heterocycles. The van der Waals surface area contributed by atoms with E-state index in [-0.39, 0.29) is 19.1 Å². The molecule has 1 atom stereocenters. The molecule has 7 nitrogen and oxygen atoms in total. The number of hydrogen-bond donors (Lipinski definition) is 0. The Morgan fingerprint density at radius 1 is 0.914 bits per heavy atom. The largest absolute Gasteiger partial charge is 0.448 e. The summed E-state index contributed by atoms with van der Waals surface area (Å²) in [7, 11) is 0. The molecule has 7 heteroatoms. The number of benzene rings is 3. The smallest absolute Gasteiger partial charge is 0.416 e. The molecule has 0 N–H and O–H groups in total. The minimum atomic E-state index is -0.769. The van der Waals surface area contributed by atoms with Crippen LogP contribution < -0.4 is 0 Å². The Balaban J connectivity index is 1.28. The van der Waals surface area contributed by atoms with Crippen LogP contribution in [0.3, 0.4) is 0 Å². The average Bonchev–Trinajstić information content (AvgIpc) is 3.54. The molecule has 5 rings (SSSR count). The van der Waals surface area contributed by atoms with E-state index in [0.717, 1.165) is 32.7 Å². The molecule has 2 amide bonds. The van der Waals surface area contributed by atoms with E-state index in [1.807, 2.05) is 66.7 Å². The maximum absolute atomic E-state index is 13.1. The van der Waals surface area contributed by atoms with Crippen molar-refractivity contribution in [3.8, 4) is 11.1 Å². The van der Waals surface area contributed by atoms with Gasteiger partial charge in [-0.2, -0.15) is 0 Å². The summed E-state index contributed by atoms with van der Waals surface area (Å²) in [6.07, 6.45) is -1.06. The lowest BCUT2D eigenvalue weighted by molar-refractivity contribution is -0.138. The highest BCUT2D eigenvalue weighted by Gasteiger charge is 2.37. The van der Waals surface area contributed by atoms with Gasteiger partial charge in [0.05, 0.1) is 26.4 Å². The van der Waals surface area contributed by atoms with Crippen LogP contribution in [0.4, 0.5) is 4.79 Å². The van der Waals surface area contributed by atoms with Crippen molar-refractivity contribution >= 4 is 12.5 Å². The molecule has 35 heavy (non-hydrogen) atoms. The summed E-state index contributed by atoms with van der Waals surface area (Å²) in [5.41, 5.74) is 5.46. The van der Waals surface area contributed by atoms with Crippen LogP contribution in [-0.4, -0.2) is 56.2 Å². The third kappa shape index (κ3) is 4.98. The zero-order valence-electron chi connectivity index (χ0n) is 19.2. The SMILES string of the molecule is O=CN(C(=O)OCC1c2ccccc2-c2ccccc21)[C@@H](COCc1ccccc1)C1OCCO1. The third-order valence-electron chi connectivity index (χ3n) is 6.38. The molecule has 1 aliphatic heterocycles. The lowest BCUT2D eigenvalue weighted by atomic mass is 9.98. The number of nitrogens with zero attached hydrogens (tertiary/aromatic N) is 1. The van der Waals surface area contributed by atoms with Crippen LogP contribution in [0.15, 0.2) is 78.9 Å². The molecule has 0 spiro atoms. The Morgan fingerprint density at radius 2 is 1.51 bits per heavy atom. The lowest BCUT2D eigenvalue weighted by Gasteiger charge is -2.29. The van der Waals surface area contributed by atoms with Crippen LogP contribution in [0.25, 0.3) is 11.1 Å². The van der Waals surface area contributed by atoms with Gasteiger partial charge in [-0.3, -0.25) is 4.79 Å². The molecule has 0 unspecified atom stereocenters. The molecule has 180 valence electrons. The number of imide groups is 1. The van der Waals surface area contributed by atoms with Crippen LogP contribution in [0, 0.1) is 0 Å². The molecule has 3 aromatic carbocycles. The quantitative estimate of drug-likeness (QED) is 0.430. The summed E-state index contributed by atoms with van der Waals surface area (Å²) >= 11 is 0. The first-order chi connectivity index (χ1) is 17.3. The molecular weight excluding hydrogens is 446 g/mol. The van der Waals surface area contributed by atoms with Gasteiger partial charge < -0.3 is 18.9 Å². The van der Waals surface area contributed by atoms with Gasteiger partial charge >= 0.3 is 6.09 Å². The molecule has 1 fully saturated rings. The van der Waals surface area contributed by atoms with Crippen LogP contribution in [-0.2, 0) is 30.3 Å². The predicted octanol–water partition coefficient (Wildman–Crippen LogP) is 4.35. The number of rotatable bonds is 9. The molecule has 0 radical (unpaired) electrons. The van der Waals surface area contributed by atoms with Gasteiger partial charge in [0.2, 0.25) is 6.41 Å². The van der Waals surface area contributed by atoms with Gasteiger partial charge in [0.1, 0.15) is 12.6 Å². The molecule has 1 heterocycles. The minimum Gasteiger partial charge on any atom is -0.448 e. The molecule has 3 aromatic rings. The highest BCUT2D eigenvalue weighted by molar-refractivity contribution is 5.82. The van der Waals surface area contributed by atoms with Crippen LogP contribution in [0.5, 0.6) is 0 Å². The van der Waals surface area contributed by atoms with Crippen LogP contribution in [0.1, 0.15) is 22.6 Å². The van der Waals surface area contributed by atoms with Gasteiger partial charge in [0.25, 0.3) is 0 Å². The average molecular weight is 474 g/mol. The normalized spacial score (nSPS) is 15.9. The number of carbonyl (C=O) groups is 2. The Kier molecular flexibility index (Phi) is 7.18. The Hall–Kier alpha value is -3.52. The predicted molar refractivity (Wildman–Crippen MR) is 129 cm³/mol. The highest BCUT2D eigenvalue weighted by Crippen LogP contribution is 2.44. The summed E-state index contributed by atoms with van der Waals surface area (Å²) in [5.74, 6) is -0.105. The van der Waals surface area contributed by atoms with E-state index in [9.17, 15) is 9.59 Å². The van der Waals surface area contributed by atoms with Crippen LogP contribution in [0.2, 0.25) is 0 Å². The summed E-state index contributed by atoms with van der Waals surface area (Å²) < 4.78 is 22.7. The summed E-state index contributed by atoms with van der Waals surface area (Å²) in [5, 5.41) is 0. The zero-order chi connectivity index (χ0) is 24.0. The summed E-state index contributed by atoms with van der Waals surface area (Å²) in [6.45, 7) is 1.28. The Morgan fingerprint density at radius 3 is 2.14 bits per heavy atom. The van der Waals surface area contributed by atoms with Gasteiger partial charge in [-0.1, -0.05) is 78.9 Å². The fourth-order valence-corrected chi connectivity index (χ4v) is 4.69. The molecule has 2 aliphatic rings. The molecule has 1 aliphatic carbocycles. The second-order valence-corrected chi connectivity index (χ2v) is 8.49. The first-order valence-corrected chi connectivity index (χ1v) is 11.7. The number of hydrogen-bond acceptors (Lipinski definition) is 6. The van der Waals surface area contributed by atoms with Crippen molar-refractivity contribution in [1.82, 2.24) is 4.90 Å². The Bertz CT molecular complexity index is 1120. The number of amides is 2. The van der Waals surface area contributed by atoms with Crippen molar-refractivity contribution in [2.24, 2.45) is 0 Å². The fourth-order valence-electron chi connectivity index (χ4n) is 4.69. The molecule has 0 saturated carbocycles. The number of carbonyl (C=O) groups excluding carboxylic acids is 2. The van der Waals surface area contributed by atoms with Crippen molar-refractivity contribution in [2.45, 2.75) is 24.9 Å². The van der Waals surface area contributed by atoms with Gasteiger partial charge in [-0.05, 0) is 27.8 Å². The van der Waals surface area contributed by atoms with E-state index in [4.69, 9.17) is 18.9 Å². The van der Waals surface area contributed by atoms with Crippen molar-refractivity contribution < 1.29 is 28.5 Å². The first kappa shape index (κ1) is 23.2. The first-order valence-electron chi connectivity index (χ1n) is 11.7. The van der Waals surface area contributed by atoms with Gasteiger partial charge in [-0.25, -0.2) is 9.69 Å². The highest BCUT2D eigenvalue weighted by atomic mass is 16.7. The van der Waals surface area contributed by atoms with E-state index in [2.05, 4.69) is 12.1 Å². The van der Waals surface area contributed by atoms with E-state index in [1.165, 1.54) is 0 Å². The van der Waals surface area contributed by atoms with Crippen molar-refractivity contribution in [3.63, 3.8) is 0 Å². The topological polar surface area (TPSA) is 74.3 Å². The maximum Gasteiger partial charge on any atom is 0.416 e. The van der Waals surface area contributed by atoms with Crippen molar-refractivity contribution in [1.29, 1.82) is 0 Å². The lowest BCUT2D eigenvalue weighted by Crippen LogP contribution is -2.49. The van der Waals surface area contributed by atoms with E-state index in [1.54, 1.807) is 0 Å². The van der Waals surface area contributed by atoms with Crippen molar-refractivity contribution in [3.05, 3.63) is 95.6 Å². The second-order valence-electron chi connectivity index (χ2n) is 8.49. The Labute approximate surface area is 204 Å².